The molecule has 126 valence electrons. The number of carboxylic acid groups (broad SMARTS) is 1. The summed E-state index contributed by atoms with van der Waals surface area (Å²) in [6, 6.07) is 4.61. The van der Waals surface area contributed by atoms with Crippen LogP contribution in [-0.4, -0.2) is 39.9 Å². The van der Waals surface area contributed by atoms with E-state index in [-0.39, 0.29) is 25.2 Å². The van der Waals surface area contributed by atoms with Crippen molar-refractivity contribution in [3.63, 3.8) is 0 Å². The van der Waals surface area contributed by atoms with Gasteiger partial charge in [-0.3, -0.25) is 4.68 Å². The number of rotatable bonds is 4. The Morgan fingerprint density at radius 2 is 2.04 bits per heavy atom. The average Bonchev–Trinajstić information content (AvgIpc) is 3.00. The first-order chi connectivity index (χ1) is 11.4. The summed E-state index contributed by atoms with van der Waals surface area (Å²) in [7, 11) is 0. The van der Waals surface area contributed by atoms with Crippen molar-refractivity contribution in [1.29, 1.82) is 0 Å². The molecule has 1 unspecified atom stereocenters. The normalized spacial score (nSPS) is 24.0. The number of hydrogen-bond donors (Lipinski definition) is 1. The van der Waals surface area contributed by atoms with E-state index in [2.05, 4.69) is 5.10 Å². The number of anilines is 1. The molecule has 24 heavy (non-hydrogen) atoms. The van der Waals surface area contributed by atoms with Crippen LogP contribution in [0.4, 0.5) is 18.9 Å². The minimum Gasteiger partial charge on any atom is -0.478 e. The molecule has 2 aromatic rings. The van der Waals surface area contributed by atoms with Gasteiger partial charge in [0, 0.05) is 30.5 Å². The van der Waals surface area contributed by atoms with E-state index in [9.17, 15) is 18.0 Å². The van der Waals surface area contributed by atoms with Crippen LogP contribution in [0.15, 0.2) is 30.6 Å². The van der Waals surface area contributed by atoms with Crippen LogP contribution < -0.4 is 4.90 Å². The number of nitrogens with zero attached hydrogens (tertiary/aromatic N) is 3. The van der Waals surface area contributed by atoms with Gasteiger partial charge in [-0.25, -0.2) is 18.0 Å². The zero-order valence-corrected chi connectivity index (χ0v) is 12.5. The number of alkyl halides is 2. The van der Waals surface area contributed by atoms with Gasteiger partial charge in [0.1, 0.15) is 5.82 Å². The summed E-state index contributed by atoms with van der Waals surface area (Å²) in [5, 5.41) is 12.7. The maximum absolute atomic E-state index is 14.3. The third kappa shape index (κ3) is 2.33. The molecule has 1 aliphatic carbocycles. The molecule has 1 aromatic heterocycles. The van der Waals surface area contributed by atoms with Crippen LogP contribution in [0.5, 0.6) is 0 Å². The van der Waals surface area contributed by atoms with Crippen molar-refractivity contribution in [3.8, 4) is 0 Å². The quantitative estimate of drug-likeness (QED) is 0.931. The summed E-state index contributed by atoms with van der Waals surface area (Å²) in [6.07, 6.45) is 2.52. The second-order valence-corrected chi connectivity index (χ2v) is 6.30. The Balaban J connectivity index is 1.47. The molecule has 4 rings (SSSR count). The second-order valence-electron chi connectivity index (χ2n) is 6.30. The Bertz CT molecular complexity index is 807. The third-order valence-electron chi connectivity index (χ3n) is 4.81. The molecule has 2 atom stereocenters. The molecule has 1 aromatic carbocycles. The van der Waals surface area contributed by atoms with E-state index in [1.54, 1.807) is 17.0 Å². The number of carbonyl (C=O) groups is 1. The first-order valence-electron chi connectivity index (χ1n) is 7.53. The highest BCUT2D eigenvalue weighted by Crippen LogP contribution is 2.59. The molecule has 2 aliphatic rings. The molecule has 0 spiro atoms. The summed E-state index contributed by atoms with van der Waals surface area (Å²) in [6.45, 7) is 0.595. The fraction of sp³-hybridized carbons (Fsp3) is 0.375. The molecule has 1 N–H and O–H groups in total. The van der Waals surface area contributed by atoms with Crippen molar-refractivity contribution < 1.29 is 23.1 Å². The van der Waals surface area contributed by atoms with Gasteiger partial charge in [0.05, 0.1) is 30.1 Å². The number of benzene rings is 1. The smallest absolute Gasteiger partial charge is 0.338 e. The predicted molar refractivity (Wildman–Crippen MR) is 78.8 cm³/mol. The average molecular weight is 337 g/mol. The lowest BCUT2D eigenvalue weighted by molar-refractivity contribution is 0.0696. The van der Waals surface area contributed by atoms with Crippen molar-refractivity contribution in [2.24, 2.45) is 11.8 Å². The zero-order valence-electron chi connectivity index (χ0n) is 12.5. The molecule has 5 nitrogen and oxygen atoms in total. The van der Waals surface area contributed by atoms with Crippen molar-refractivity contribution in [3.05, 3.63) is 47.5 Å². The lowest BCUT2D eigenvalue weighted by Gasteiger charge is -2.22. The molecule has 1 saturated carbocycles. The lowest BCUT2D eigenvalue weighted by Crippen LogP contribution is -2.27. The number of halogens is 3. The van der Waals surface area contributed by atoms with E-state index in [0.29, 0.717) is 11.3 Å². The molecule has 1 saturated heterocycles. The molecule has 2 heterocycles. The minimum absolute atomic E-state index is 0.0317. The van der Waals surface area contributed by atoms with Gasteiger partial charge in [-0.05, 0) is 12.1 Å². The fourth-order valence-corrected chi connectivity index (χ4v) is 3.31. The third-order valence-corrected chi connectivity index (χ3v) is 4.81. The van der Waals surface area contributed by atoms with Crippen molar-refractivity contribution in [2.75, 3.05) is 18.0 Å². The van der Waals surface area contributed by atoms with Gasteiger partial charge < -0.3 is 10.0 Å². The Kier molecular flexibility index (Phi) is 3.13. The number of fused-ring (bicyclic) bond motifs is 1. The number of hydrogen-bond acceptors (Lipinski definition) is 3. The van der Waals surface area contributed by atoms with Crippen molar-refractivity contribution in [1.82, 2.24) is 9.78 Å². The monoisotopic (exact) mass is 337 g/mol. The Morgan fingerprint density at radius 1 is 1.33 bits per heavy atom. The van der Waals surface area contributed by atoms with Crippen molar-refractivity contribution in [2.45, 2.75) is 12.5 Å². The van der Waals surface area contributed by atoms with E-state index < -0.39 is 29.5 Å². The minimum atomic E-state index is -2.56. The Labute approximate surface area is 135 Å². The van der Waals surface area contributed by atoms with Crippen LogP contribution in [0.1, 0.15) is 15.9 Å². The maximum atomic E-state index is 14.3. The van der Waals surface area contributed by atoms with Gasteiger partial charge in [0.15, 0.2) is 0 Å². The standard InChI is InChI=1S/C16H14F3N3O2/c17-14-3-11(21-7-12-13(8-21)16(12,18)19)2-1-9(14)5-22-6-10(4-20-22)15(23)24/h1-4,6,12-13H,5,7-8H2,(H,23,24)/t12-,13?/m0/s1. The molecule has 2 fully saturated rings. The first kappa shape index (κ1) is 15.0. The Morgan fingerprint density at radius 3 is 2.62 bits per heavy atom. The molecule has 0 amide bonds. The van der Waals surface area contributed by atoms with Gasteiger partial charge in [0.25, 0.3) is 5.92 Å². The highest BCUT2D eigenvalue weighted by molar-refractivity contribution is 5.86. The van der Waals surface area contributed by atoms with Crippen LogP contribution >= 0.6 is 0 Å². The van der Waals surface area contributed by atoms with Crippen molar-refractivity contribution >= 4 is 11.7 Å². The van der Waals surface area contributed by atoms with E-state index >= 15 is 0 Å². The number of aromatic carboxylic acids is 1. The summed E-state index contributed by atoms with van der Waals surface area (Å²) >= 11 is 0. The van der Waals surface area contributed by atoms with Crippen LogP contribution in [0.2, 0.25) is 0 Å². The first-order valence-corrected chi connectivity index (χ1v) is 7.53. The van der Waals surface area contributed by atoms with Crippen LogP contribution in [0, 0.1) is 17.7 Å². The van der Waals surface area contributed by atoms with E-state index in [4.69, 9.17) is 5.11 Å². The van der Waals surface area contributed by atoms with Gasteiger partial charge in [-0.15, -0.1) is 0 Å². The highest BCUT2D eigenvalue weighted by atomic mass is 19.3. The largest absolute Gasteiger partial charge is 0.478 e. The molecule has 0 radical (unpaired) electrons. The van der Waals surface area contributed by atoms with Crippen LogP contribution in [0.25, 0.3) is 0 Å². The summed E-state index contributed by atoms with van der Waals surface area (Å²) in [5.41, 5.74) is 0.976. The van der Waals surface area contributed by atoms with Crippen LogP contribution in [-0.2, 0) is 6.54 Å². The Hall–Kier alpha value is -2.51. The summed E-state index contributed by atoms with van der Waals surface area (Å²) in [4.78, 5) is 12.6. The molecular weight excluding hydrogens is 323 g/mol. The number of aromatic nitrogens is 2. The molecule has 0 bridgehead atoms. The maximum Gasteiger partial charge on any atom is 0.338 e. The predicted octanol–water partition coefficient (Wildman–Crippen LogP) is 2.47. The van der Waals surface area contributed by atoms with E-state index in [0.717, 1.165) is 0 Å². The number of piperidine rings is 1. The topological polar surface area (TPSA) is 58.4 Å². The fourth-order valence-electron chi connectivity index (χ4n) is 3.31. The molecule has 1 aliphatic heterocycles. The van der Waals surface area contributed by atoms with E-state index in [1.165, 1.54) is 23.1 Å². The zero-order chi connectivity index (χ0) is 17.1. The van der Waals surface area contributed by atoms with Gasteiger partial charge in [-0.2, -0.15) is 5.10 Å². The SMILES string of the molecule is O=C(O)c1cnn(Cc2ccc(N3CC4[C@H](C3)C4(F)F)cc2F)c1. The highest BCUT2D eigenvalue weighted by Gasteiger charge is 2.71. The second kappa shape index (κ2) is 4.99. The van der Waals surface area contributed by atoms with Gasteiger partial charge in [-0.1, -0.05) is 6.07 Å². The van der Waals surface area contributed by atoms with Crippen LogP contribution in [0.3, 0.4) is 0 Å². The molecular formula is C16H14F3N3O2. The lowest BCUT2D eigenvalue weighted by atomic mass is 10.1. The molecule has 8 heteroatoms. The summed E-state index contributed by atoms with van der Waals surface area (Å²) in [5.74, 6) is -5.34. The van der Waals surface area contributed by atoms with E-state index in [1.807, 2.05) is 0 Å². The summed E-state index contributed by atoms with van der Waals surface area (Å²) < 4.78 is 42.1. The number of carboxylic acids is 1. The van der Waals surface area contributed by atoms with Gasteiger partial charge >= 0.3 is 5.97 Å². The van der Waals surface area contributed by atoms with Gasteiger partial charge in [0.2, 0.25) is 0 Å².